The fourth-order valence-electron chi connectivity index (χ4n) is 4.92. The van der Waals surface area contributed by atoms with Gasteiger partial charge in [0.1, 0.15) is 11.9 Å². The van der Waals surface area contributed by atoms with Crippen molar-refractivity contribution in [3.05, 3.63) is 47.5 Å². The first-order chi connectivity index (χ1) is 17.1. The smallest absolute Gasteiger partial charge is 0.417 e. The molecule has 12 heteroatoms. The largest absolute Gasteiger partial charge is 0.484 e. The van der Waals surface area contributed by atoms with Crippen LogP contribution >= 0.6 is 12.2 Å². The number of ether oxygens (including phenoxy) is 2. The molecule has 3 heterocycles. The van der Waals surface area contributed by atoms with Crippen LogP contribution in [0.3, 0.4) is 0 Å². The first kappa shape index (κ1) is 24.3. The maximum Gasteiger partial charge on any atom is 0.417 e. The molecule has 2 fully saturated rings. The summed E-state index contributed by atoms with van der Waals surface area (Å²) in [6.07, 6.45) is -4.87. The molecular weight excluding hydrogens is 497 g/mol. The van der Waals surface area contributed by atoms with Crippen molar-refractivity contribution in [3.63, 3.8) is 0 Å². The van der Waals surface area contributed by atoms with Crippen molar-refractivity contribution in [2.75, 3.05) is 48.1 Å². The third-order valence-electron chi connectivity index (χ3n) is 6.69. The van der Waals surface area contributed by atoms with Crippen molar-refractivity contribution >= 4 is 40.3 Å². The first-order valence-electron chi connectivity index (χ1n) is 11.1. The van der Waals surface area contributed by atoms with Crippen LogP contribution < -0.4 is 19.4 Å². The quantitative estimate of drug-likeness (QED) is 0.621. The number of nitriles is 1. The lowest BCUT2D eigenvalue weighted by atomic mass is 9.95. The number of benzene rings is 2. The minimum atomic E-state index is -4.78. The summed E-state index contributed by atoms with van der Waals surface area (Å²) in [5, 5.41) is 18.6. The van der Waals surface area contributed by atoms with E-state index in [-0.39, 0.29) is 36.7 Å². The normalized spacial score (nSPS) is 23.8. The number of likely N-dealkylation sites (N-methyl/N-ethyl adjacent to an activating group) is 1. The van der Waals surface area contributed by atoms with Crippen molar-refractivity contribution < 1.29 is 32.5 Å². The second-order valence-corrected chi connectivity index (χ2v) is 9.25. The van der Waals surface area contributed by atoms with Gasteiger partial charge in [0.25, 0.3) is 5.91 Å². The summed E-state index contributed by atoms with van der Waals surface area (Å²) in [7, 11) is 1.84. The van der Waals surface area contributed by atoms with Crippen molar-refractivity contribution in [2.45, 2.75) is 24.2 Å². The number of fused-ring (bicyclic) bond motifs is 1. The lowest BCUT2D eigenvalue weighted by Gasteiger charge is -2.36. The molecule has 188 valence electrons. The SMILES string of the molecule is CN1C[C@H](CO)Oc2ccc(N3C(=S)N(c4ccc(C#N)c(C(F)(F)F)c4)C(=O)[C@@]34CCOC4)cc21. The highest BCUT2D eigenvalue weighted by Crippen LogP contribution is 2.45. The Hall–Kier alpha value is -3.40. The number of alkyl halides is 3. The molecule has 0 bridgehead atoms. The highest BCUT2D eigenvalue weighted by atomic mass is 32.1. The third kappa shape index (κ3) is 3.66. The zero-order valence-corrected chi connectivity index (χ0v) is 19.9. The number of aliphatic hydroxyl groups is 1. The van der Waals surface area contributed by atoms with E-state index in [1.807, 2.05) is 11.9 Å². The van der Waals surface area contributed by atoms with E-state index in [4.69, 9.17) is 27.0 Å². The van der Waals surface area contributed by atoms with Crippen LogP contribution in [0.25, 0.3) is 0 Å². The number of hydrogen-bond acceptors (Lipinski definition) is 7. The number of rotatable bonds is 3. The van der Waals surface area contributed by atoms with Gasteiger partial charge in [-0.25, -0.2) is 0 Å². The fourth-order valence-corrected chi connectivity index (χ4v) is 5.39. The predicted molar refractivity (Wildman–Crippen MR) is 128 cm³/mol. The van der Waals surface area contributed by atoms with Crippen LogP contribution in [-0.4, -0.2) is 61.2 Å². The molecule has 0 aliphatic carbocycles. The van der Waals surface area contributed by atoms with E-state index in [1.54, 1.807) is 29.2 Å². The number of aliphatic hydroxyl groups excluding tert-OH is 1. The molecule has 36 heavy (non-hydrogen) atoms. The molecule has 0 saturated carbocycles. The van der Waals surface area contributed by atoms with E-state index in [1.165, 1.54) is 6.07 Å². The van der Waals surface area contributed by atoms with Crippen LogP contribution in [-0.2, 0) is 15.7 Å². The Bertz CT molecular complexity index is 1290. The van der Waals surface area contributed by atoms with Gasteiger partial charge in [-0.1, -0.05) is 0 Å². The number of thiocarbonyl (C=S) groups is 1. The van der Waals surface area contributed by atoms with Gasteiger partial charge in [0.2, 0.25) is 0 Å². The second kappa shape index (κ2) is 8.62. The number of halogens is 3. The molecular formula is C24H21F3N4O4S. The summed E-state index contributed by atoms with van der Waals surface area (Å²) in [5.41, 5.74) is -1.70. The minimum Gasteiger partial charge on any atom is -0.484 e. The summed E-state index contributed by atoms with van der Waals surface area (Å²) in [6.45, 7) is 0.602. The molecule has 2 aromatic carbocycles. The molecule has 8 nitrogen and oxygen atoms in total. The van der Waals surface area contributed by atoms with Gasteiger partial charge in [0, 0.05) is 25.8 Å². The minimum absolute atomic E-state index is 0.0101. The van der Waals surface area contributed by atoms with Crippen molar-refractivity contribution in [1.29, 1.82) is 5.26 Å². The van der Waals surface area contributed by atoms with Gasteiger partial charge in [0.15, 0.2) is 10.7 Å². The van der Waals surface area contributed by atoms with Gasteiger partial charge < -0.3 is 24.4 Å². The van der Waals surface area contributed by atoms with E-state index >= 15 is 0 Å². The van der Waals surface area contributed by atoms with Gasteiger partial charge in [-0.2, -0.15) is 18.4 Å². The standard InChI is InChI=1S/C24H21F3N4O4S/c1-29-11-17(12-32)35-20-5-4-16(9-19(20)29)31-22(36)30(21(33)23(31)6-7-34-13-23)15-3-2-14(10-28)18(8-15)24(25,26)27/h2-5,8-9,17,32H,6-7,11-13H2,1H3/t17-,23+/m1/s1. The molecule has 5 rings (SSSR count). The maximum absolute atomic E-state index is 13.8. The van der Waals surface area contributed by atoms with Crippen molar-refractivity contribution in [2.24, 2.45) is 0 Å². The molecule has 2 atom stereocenters. The van der Waals surface area contributed by atoms with Gasteiger partial charge in [0.05, 0.1) is 48.3 Å². The maximum atomic E-state index is 13.8. The summed E-state index contributed by atoms with van der Waals surface area (Å²) in [5.74, 6) is 0.0592. The Kier molecular flexibility index (Phi) is 5.82. The van der Waals surface area contributed by atoms with E-state index in [2.05, 4.69) is 0 Å². The van der Waals surface area contributed by atoms with Gasteiger partial charge in [-0.15, -0.1) is 0 Å². The van der Waals surface area contributed by atoms with Gasteiger partial charge >= 0.3 is 6.18 Å². The molecule has 1 amide bonds. The Morgan fingerprint density at radius 2 is 2.00 bits per heavy atom. The molecule has 3 aliphatic rings. The number of carbonyl (C=O) groups excluding carboxylic acids is 1. The Morgan fingerprint density at radius 1 is 1.25 bits per heavy atom. The number of nitrogens with zero attached hydrogens (tertiary/aromatic N) is 4. The van der Waals surface area contributed by atoms with Gasteiger partial charge in [-0.3, -0.25) is 9.69 Å². The number of hydrogen-bond donors (Lipinski definition) is 1. The number of carbonyl (C=O) groups is 1. The van der Waals surface area contributed by atoms with Crippen LogP contribution in [0.2, 0.25) is 0 Å². The first-order valence-corrected chi connectivity index (χ1v) is 11.5. The molecule has 1 N–H and O–H groups in total. The van der Waals surface area contributed by atoms with E-state index < -0.39 is 28.7 Å². The monoisotopic (exact) mass is 518 g/mol. The van der Waals surface area contributed by atoms with E-state index in [0.29, 0.717) is 24.4 Å². The molecule has 0 radical (unpaired) electrons. The number of anilines is 3. The fraction of sp³-hybridized carbons (Fsp3) is 0.375. The molecule has 0 unspecified atom stereocenters. The van der Waals surface area contributed by atoms with E-state index in [0.717, 1.165) is 22.7 Å². The summed E-state index contributed by atoms with van der Waals surface area (Å²) < 4.78 is 52.3. The van der Waals surface area contributed by atoms with E-state index in [9.17, 15) is 23.1 Å². The summed E-state index contributed by atoms with van der Waals surface area (Å²) in [4.78, 5) is 18.4. The predicted octanol–water partition coefficient (Wildman–Crippen LogP) is 3.06. The van der Waals surface area contributed by atoms with Crippen LogP contribution in [0.4, 0.5) is 30.2 Å². The molecule has 1 spiro atoms. The second-order valence-electron chi connectivity index (χ2n) is 8.89. The Balaban J connectivity index is 1.60. The number of amides is 1. The molecule has 3 aliphatic heterocycles. The highest BCUT2D eigenvalue weighted by molar-refractivity contribution is 7.81. The lowest BCUT2D eigenvalue weighted by molar-refractivity contribution is -0.137. The van der Waals surface area contributed by atoms with Crippen LogP contribution in [0.5, 0.6) is 5.75 Å². The molecule has 2 saturated heterocycles. The third-order valence-corrected chi connectivity index (χ3v) is 7.05. The molecule has 2 aromatic rings. The van der Waals surface area contributed by atoms with Crippen LogP contribution in [0, 0.1) is 11.3 Å². The lowest BCUT2D eigenvalue weighted by Crippen LogP contribution is -2.50. The Labute approximate surface area is 210 Å². The average molecular weight is 519 g/mol. The summed E-state index contributed by atoms with van der Waals surface area (Å²) >= 11 is 5.68. The summed E-state index contributed by atoms with van der Waals surface area (Å²) in [6, 6.07) is 9.88. The highest BCUT2D eigenvalue weighted by Gasteiger charge is 2.58. The van der Waals surface area contributed by atoms with Crippen LogP contribution in [0.15, 0.2) is 36.4 Å². The Morgan fingerprint density at radius 3 is 2.64 bits per heavy atom. The van der Waals surface area contributed by atoms with Crippen molar-refractivity contribution in [1.82, 2.24) is 0 Å². The molecule has 0 aromatic heterocycles. The topological polar surface area (TPSA) is 89.3 Å². The van der Waals surface area contributed by atoms with Gasteiger partial charge in [-0.05, 0) is 48.6 Å². The zero-order chi connectivity index (χ0) is 25.8. The van der Waals surface area contributed by atoms with Crippen molar-refractivity contribution in [3.8, 4) is 11.8 Å². The van der Waals surface area contributed by atoms with Crippen LogP contribution in [0.1, 0.15) is 17.5 Å². The average Bonchev–Trinajstić information content (AvgIpc) is 3.41. The zero-order valence-electron chi connectivity index (χ0n) is 19.1.